The number of pyridine rings is 1. The van der Waals surface area contributed by atoms with Gasteiger partial charge in [0, 0.05) is 30.9 Å². The Balaban J connectivity index is 1.07. The summed E-state index contributed by atoms with van der Waals surface area (Å²) in [5.74, 6) is 2.03. The van der Waals surface area contributed by atoms with Crippen molar-refractivity contribution < 1.29 is 19.0 Å². The maximum absolute atomic E-state index is 12.1. The van der Waals surface area contributed by atoms with E-state index < -0.39 is 5.79 Å². The minimum Gasteiger partial charge on any atom is -0.443 e. The number of ether oxygens (including phenoxy) is 3. The van der Waals surface area contributed by atoms with Crippen molar-refractivity contribution in [2.75, 3.05) is 19.7 Å². The van der Waals surface area contributed by atoms with Crippen LogP contribution >= 0.6 is 11.6 Å². The van der Waals surface area contributed by atoms with Gasteiger partial charge in [-0.3, -0.25) is 14.7 Å². The van der Waals surface area contributed by atoms with Crippen molar-refractivity contribution in [1.82, 2.24) is 19.4 Å². The van der Waals surface area contributed by atoms with E-state index in [1.54, 1.807) is 19.2 Å². The minimum absolute atomic E-state index is 0.0645. The SMILES string of the molecule is CC(=O)c1ccc2nc(CN3CCC(c4cccc5c4OC(C)(c4ccc(Cl)cn4)O5)CC3)n(C[C@@H]3CCO3)c2c1. The van der Waals surface area contributed by atoms with Crippen LogP contribution in [0.3, 0.4) is 0 Å². The van der Waals surface area contributed by atoms with Crippen LogP contribution in [0.25, 0.3) is 11.0 Å². The van der Waals surface area contributed by atoms with Crippen LogP contribution in [-0.2, 0) is 23.6 Å². The molecule has 5 heterocycles. The minimum atomic E-state index is -0.991. The Bertz CT molecular complexity index is 1610. The van der Waals surface area contributed by atoms with Crippen molar-refractivity contribution in [3.63, 3.8) is 0 Å². The quantitative estimate of drug-likeness (QED) is 0.248. The van der Waals surface area contributed by atoms with Gasteiger partial charge >= 0.3 is 0 Å². The lowest BCUT2D eigenvalue weighted by Crippen LogP contribution is -2.35. The maximum Gasteiger partial charge on any atom is 0.292 e. The highest BCUT2D eigenvalue weighted by Crippen LogP contribution is 2.49. The fourth-order valence-electron chi connectivity index (χ4n) is 6.17. The van der Waals surface area contributed by atoms with Crippen molar-refractivity contribution in [3.05, 3.63) is 82.4 Å². The van der Waals surface area contributed by atoms with Gasteiger partial charge in [0.1, 0.15) is 11.5 Å². The third kappa shape index (κ3) is 4.98. The summed E-state index contributed by atoms with van der Waals surface area (Å²) >= 11 is 6.05. The molecule has 4 aromatic rings. The predicted molar refractivity (Wildman–Crippen MR) is 156 cm³/mol. The first-order valence-corrected chi connectivity index (χ1v) is 14.7. The number of ketones is 1. The molecule has 41 heavy (non-hydrogen) atoms. The molecule has 2 atom stereocenters. The van der Waals surface area contributed by atoms with E-state index in [1.165, 1.54) is 5.56 Å². The molecule has 0 spiro atoms. The average molecular weight is 573 g/mol. The molecule has 3 aliphatic rings. The zero-order valence-corrected chi connectivity index (χ0v) is 24.1. The topological polar surface area (TPSA) is 78.7 Å². The van der Waals surface area contributed by atoms with E-state index in [0.717, 1.165) is 80.4 Å². The van der Waals surface area contributed by atoms with Crippen LogP contribution in [0.5, 0.6) is 11.5 Å². The summed E-state index contributed by atoms with van der Waals surface area (Å²) in [4.78, 5) is 24.0. The number of fused-ring (bicyclic) bond motifs is 2. The highest BCUT2D eigenvalue weighted by Gasteiger charge is 2.42. The summed E-state index contributed by atoms with van der Waals surface area (Å²) < 4.78 is 20.8. The zero-order valence-electron chi connectivity index (χ0n) is 23.3. The number of rotatable bonds is 7. The van der Waals surface area contributed by atoms with E-state index in [0.29, 0.717) is 22.2 Å². The molecule has 2 aromatic carbocycles. The first-order chi connectivity index (χ1) is 19.9. The van der Waals surface area contributed by atoms with Crippen LogP contribution in [0.4, 0.5) is 0 Å². The maximum atomic E-state index is 12.1. The number of aromatic nitrogens is 3. The number of Topliss-reactive ketones (excluding diaryl/α,β-unsaturated/α-hetero) is 1. The molecule has 9 heteroatoms. The van der Waals surface area contributed by atoms with Crippen molar-refractivity contribution in [1.29, 1.82) is 0 Å². The second kappa shape index (κ2) is 10.4. The molecule has 0 saturated carbocycles. The van der Waals surface area contributed by atoms with Gasteiger partial charge < -0.3 is 18.8 Å². The van der Waals surface area contributed by atoms with Gasteiger partial charge in [-0.2, -0.15) is 0 Å². The van der Waals surface area contributed by atoms with Crippen molar-refractivity contribution >= 4 is 28.4 Å². The van der Waals surface area contributed by atoms with E-state index in [1.807, 2.05) is 43.3 Å². The first-order valence-electron chi connectivity index (χ1n) is 14.3. The van der Waals surface area contributed by atoms with Crippen molar-refractivity contribution in [2.45, 2.75) is 64.0 Å². The third-order valence-electron chi connectivity index (χ3n) is 8.61. The van der Waals surface area contributed by atoms with Crippen LogP contribution in [0, 0.1) is 0 Å². The Morgan fingerprint density at radius 1 is 1.10 bits per heavy atom. The number of hydrogen-bond donors (Lipinski definition) is 0. The lowest BCUT2D eigenvalue weighted by molar-refractivity contribution is -0.0722. The summed E-state index contributed by atoms with van der Waals surface area (Å²) in [7, 11) is 0. The number of carbonyl (C=O) groups is 1. The number of hydrogen-bond acceptors (Lipinski definition) is 7. The van der Waals surface area contributed by atoms with Gasteiger partial charge in [-0.25, -0.2) is 4.98 Å². The van der Waals surface area contributed by atoms with Gasteiger partial charge in [0.2, 0.25) is 0 Å². The molecule has 2 saturated heterocycles. The second-order valence-electron chi connectivity index (χ2n) is 11.4. The predicted octanol–water partition coefficient (Wildman–Crippen LogP) is 6.10. The highest BCUT2D eigenvalue weighted by molar-refractivity contribution is 6.30. The van der Waals surface area contributed by atoms with Gasteiger partial charge in [-0.15, -0.1) is 0 Å². The molecule has 0 bridgehead atoms. The standard InChI is InChI=1S/C32H33ClN4O4/c1-20(38)22-6-8-26-27(16-22)37(18-24-12-15-39-24)30(35-26)19-36-13-10-21(11-14-36)25-4-3-5-28-31(25)41-32(2,40-28)29-9-7-23(33)17-34-29/h3-9,16-17,21,24H,10-15,18-19H2,1-2H3/t24-,32?/m0/s1. The number of benzene rings is 2. The monoisotopic (exact) mass is 572 g/mol. The Kier molecular flexibility index (Phi) is 6.72. The number of nitrogens with zero attached hydrogens (tertiary/aromatic N) is 4. The smallest absolute Gasteiger partial charge is 0.292 e. The Morgan fingerprint density at radius 2 is 1.93 bits per heavy atom. The Labute approximate surface area is 244 Å². The van der Waals surface area contributed by atoms with Crippen LogP contribution in [0.1, 0.15) is 66.5 Å². The molecule has 0 radical (unpaired) electrons. The van der Waals surface area contributed by atoms with Crippen LogP contribution in [0.15, 0.2) is 54.7 Å². The highest BCUT2D eigenvalue weighted by atomic mass is 35.5. The normalized spacial score (nSPS) is 22.7. The number of imidazole rings is 1. The van der Waals surface area contributed by atoms with Crippen molar-refractivity contribution in [2.24, 2.45) is 0 Å². The van der Waals surface area contributed by atoms with E-state index in [9.17, 15) is 4.79 Å². The van der Waals surface area contributed by atoms with Gasteiger partial charge in [-0.05, 0) is 81.6 Å². The van der Waals surface area contributed by atoms with Gasteiger partial charge in [-0.1, -0.05) is 23.7 Å². The molecule has 0 aliphatic carbocycles. The van der Waals surface area contributed by atoms with Gasteiger partial charge in [0.05, 0.1) is 35.2 Å². The molecule has 212 valence electrons. The van der Waals surface area contributed by atoms with Crippen molar-refractivity contribution in [3.8, 4) is 11.5 Å². The lowest BCUT2D eigenvalue weighted by atomic mass is 9.88. The molecule has 8 nitrogen and oxygen atoms in total. The largest absolute Gasteiger partial charge is 0.443 e. The van der Waals surface area contributed by atoms with Gasteiger partial charge in [0.25, 0.3) is 5.79 Å². The summed E-state index contributed by atoms with van der Waals surface area (Å²) in [5.41, 5.74) is 4.52. The Morgan fingerprint density at radius 3 is 2.63 bits per heavy atom. The molecule has 0 amide bonds. The zero-order chi connectivity index (χ0) is 28.1. The summed E-state index contributed by atoms with van der Waals surface area (Å²) in [6, 6.07) is 15.6. The summed E-state index contributed by atoms with van der Waals surface area (Å²) in [6.07, 6.45) is 4.89. The fourth-order valence-corrected chi connectivity index (χ4v) is 6.28. The third-order valence-corrected chi connectivity index (χ3v) is 8.83. The second-order valence-corrected chi connectivity index (χ2v) is 11.9. The number of halogens is 1. The van der Waals surface area contributed by atoms with E-state index in [2.05, 4.69) is 20.5 Å². The van der Waals surface area contributed by atoms with Gasteiger partial charge in [0.15, 0.2) is 17.3 Å². The lowest BCUT2D eigenvalue weighted by Gasteiger charge is -2.33. The molecule has 3 aliphatic heterocycles. The van der Waals surface area contributed by atoms with Crippen LogP contribution < -0.4 is 9.47 Å². The fraction of sp³-hybridized carbons (Fsp3) is 0.406. The van der Waals surface area contributed by atoms with E-state index >= 15 is 0 Å². The molecular formula is C32H33ClN4O4. The Hall–Kier alpha value is -3.46. The van der Waals surface area contributed by atoms with E-state index in [-0.39, 0.29) is 11.9 Å². The van der Waals surface area contributed by atoms with Crippen LogP contribution in [-0.4, -0.2) is 51.0 Å². The molecule has 7 rings (SSSR count). The average Bonchev–Trinajstić information content (AvgIpc) is 3.47. The molecule has 2 aromatic heterocycles. The number of carbonyl (C=O) groups excluding carboxylic acids is 1. The van der Waals surface area contributed by atoms with Crippen LogP contribution in [0.2, 0.25) is 5.02 Å². The number of para-hydroxylation sites is 1. The molecule has 0 N–H and O–H groups in total. The molecule has 2 fully saturated rings. The summed E-state index contributed by atoms with van der Waals surface area (Å²) in [6.45, 7) is 7.74. The first kappa shape index (κ1) is 26.4. The number of likely N-dealkylation sites (tertiary alicyclic amines) is 1. The van der Waals surface area contributed by atoms with E-state index in [4.69, 9.17) is 30.8 Å². The summed E-state index contributed by atoms with van der Waals surface area (Å²) in [5, 5.41) is 0.577. The number of piperidine rings is 1. The molecular weight excluding hydrogens is 540 g/mol. The molecule has 1 unspecified atom stereocenters.